The molecular formula is C26H19ClN2O3S2. The molecule has 1 unspecified atom stereocenters. The standard InChI is InChI=1S/C26H19ClN2O3S2/c1-15-24(34-25(28-15)17-6-3-2-4-7-17)22(30)20-21(16-9-11-18(27)12-10-16)29(26(32)23(20)31)14-19-8-5-13-33-19/h2-13,21,31H,14H2,1H3. The van der Waals surface area contributed by atoms with Gasteiger partial charge in [-0.25, -0.2) is 4.98 Å². The average Bonchev–Trinajstić information content (AvgIpc) is 3.56. The average molecular weight is 507 g/mol. The first-order chi connectivity index (χ1) is 16.4. The number of aliphatic hydroxyl groups is 1. The van der Waals surface area contributed by atoms with Crippen LogP contribution in [0.1, 0.15) is 31.8 Å². The van der Waals surface area contributed by atoms with Gasteiger partial charge in [0.1, 0.15) is 5.01 Å². The van der Waals surface area contributed by atoms with Gasteiger partial charge in [-0.05, 0) is 36.1 Å². The summed E-state index contributed by atoms with van der Waals surface area (Å²) in [5.74, 6) is -1.48. The van der Waals surface area contributed by atoms with Gasteiger partial charge < -0.3 is 10.0 Å². The number of aromatic nitrogens is 1. The zero-order valence-corrected chi connectivity index (χ0v) is 20.5. The Labute approximate surface area is 209 Å². The number of amides is 1. The summed E-state index contributed by atoms with van der Waals surface area (Å²) in [4.78, 5) is 34.5. The molecule has 1 aliphatic rings. The Morgan fingerprint density at radius 2 is 1.82 bits per heavy atom. The number of ketones is 1. The maximum atomic E-state index is 13.8. The number of aryl methyl sites for hydroxylation is 1. The molecule has 1 N–H and O–H groups in total. The van der Waals surface area contributed by atoms with E-state index in [0.29, 0.717) is 26.2 Å². The predicted octanol–water partition coefficient (Wildman–Crippen LogP) is 6.61. The van der Waals surface area contributed by atoms with Crippen molar-refractivity contribution in [3.63, 3.8) is 0 Å². The highest BCUT2D eigenvalue weighted by atomic mass is 35.5. The lowest BCUT2D eigenvalue weighted by Gasteiger charge is -2.26. The van der Waals surface area contributed by atoms with Gasteiger partial charge in [-0.1, -0.05) is 60.1 Å². The molecule has 2 aromatic heterocycles. The molecule has 5 nitrogen and oxygen atoms in total. The zero-order valence-electron chi connectivity index (χ0n) is 18.1. The van der Waals surface area contributed by atoms with Crippen molar-refractivity contribution in [3.05, 3.63) is 109 Å². The van der Waals surface area contributed by atoms with Gasteiger partial charge in [-0.3, -0.25) is 9.59 Å². The molecule has 0 spiro atoms. The third-order valence-electron chi connectivity index (χ3n) is 5.66. The Hall–Kier alpha value is -3.26. The molecule has 8 heteroatoms. The van der Waals surface area contributed by atoms with Crippen molar-refractivity contribution < 1.29 is 14.7 Å². The van der Waals surface area contributed by atoms with Gasteiger partial charge in [0.25, 0.3) is 5.91 Å². The Morgan fingerprint density at radius 1 is 1.09 bits per heavy atom. The van der Waals surface area contributed by atoms with E-state index in [0.717, 1.165) is 10.4 Å². The molecule has 5 rings (SSSR count). The third-order valence-corrected chi connectivity index (χ3v) is 7.98. The van der Waals surface area contributed by atoms with Crippen molar-refractivity contribution >= 4 is 46.0 Å². The quantitative estimate of drug-likeness (QED) is 0.299. The van der Waals surface area contributed by atoms with Gasteiger partial charge in [0, 0.05) is 15.5 Å². The van der Waals surface area contributed by atoms with Crippen molar-refractivity contribution in [1.29, 1.82) is 0 Å². The van der Waals surface area contributed by atoms with Crippen molar-refractivity contribution in [1.82, 2.24) is 9.88 Å². The summed E-state index contributed by atoms with van der Waals surface area (Å²) in [6, 6.07) is 19.7. The van der Waals surface area contributed by atoms with Gasteiger partial charge in [0.05, 0.1) is 28.7 Å². The smallest absolute Gasteiger partial charge is 0.290 e. The number of hydrogen-bond donors (Lipinski definition) is 1. The fraction of sp³-hybridized carbons (Fsp3) is 0.115. The molecule has 0 saturated heterocycles. The van der Waals surface area contributed by atoms with Crippen LogP contribution in [-0.2, 0) is 11.3 Å². The van der Waals surface area contributed by atoms with Crippen LogP contribution in [0, 0.1) is 6.92 Å². The largest absolute Gasteiger partial charge is 0.503 e. The number of thiazole rings is 1. The second kappa shape index (κ2) is 9.18. The molecule has 170 valence electrons. The van der Waals surface area contributed by atoms with Crippen LogP contribution in [0.15, 0.2) is 83.4 Å². The van der Waals surface area contributed by atoms with Crippen LogP contribution in [0.4, 0.5) is 0 Å². The third kappa shape index (κ3) is 4.07. The Balaban J connectivity index is 1.58. The number of rotatable bonds is 6. The topological polar surface area (TPSA) is 70.5 Å². The van der Waals surface area contributed by atoms with Crippen LogP contribution in [-0.4, -0.2) is 26.7 Å². The minimum atomic E-state index is -0.735. The van der Waals surface area contributed by atoms with E-state index in [-0.39, 0.29) is 12.1 Å². The number of carbonyl (C=O) groups is 2. The lowest BCUT2D eigenvalue weighted by Crippen LogP contribution is -2.30. The molecule has 34 heavy (non-hydrogen) atoms. The summed E-state index contributed by atoms with van der Waals surface area (Å²) in [7, 11) is 0. The van der Waals surface area contributed by atoms with Crippen molar-refractivity contribution in [2.75, 3.05) is 0 Å². The lowest BCUT2D eigenvalue weighted by molar-refractivity contribution is -0.130. The first-order valence-corrected chi connectivity index (χ1v) is 12.6. The second-order valence-electron chi connectivity index (χ2n) is 7.86. The normalized spacial score (nSPS) is 15.9. The molecule has 2 aromatic carbocycles. The first-order valence-electron chi connectivity index (χ1n) is 10.5. The number of benzene rings is 2. The molecule has 0 bridgehead atoms. The summed E-state index contributed by atoms with van der Waals surface area (Å²) in [5, 5.41) is 14.1. The minimum absolute atomic E-state index is 0.0650. The van der Waals surface area contributed by atoms with E-state index >= 15 is 0 Å². The SMILES string of the molecule is Cc1nc(-c2ccccc2)sc1C(=O)C1=C(O)C(=O)N(Cc2cccs2)C1c1ccc(Cl)cc1. The number of aliphatic hydroxyl groups excluding tert-OH is 1. The van der Waals surface area contributed by atoms with Crippen molar-refractivity contribution in [3.8, 4) is 10.6 Å². The molecule has 1 amide bonds. The van der Waals surface area contributed by atoms with E-state index < -0.39 is 23.5 Å². The number of nitrogens with zero attached hydrogens (tertiary/aromatic N) is 2. The highest BCUT2D eigenvalue weighted by Gasteiger charge is 2.44. The monoisotopic (exact) mass is 506 g/mol. The summed E-state index contributed by atoms with van der Waals surface area (Å²) < 4.78 is 0. The van der Waals surface area contributed by atoms with Crippen LogP contribution in [0.3, 0.4) is 0 Å². The number of Topliss-reactive ketones (excluding diaryl/α,β-unsaturated/α-hetero) is 1. The van der Waals surface area contributed by atoms with Crippen LogP contribution < -0.4 is 0 Å². The molecule has 0 radical (unpaired) electrons. The Kier molecular flexibility index (Phi) is 6.08. The first kappa shape index (κ1) is 22.5. The molecule has 1 atom stereocenters. The number of thiophene rings is 1. The van der Waals surface area contributed by atoms with E-state index in [9.17, 15) is 14.7 Å². The molecule has 0 fully saturated rings. The van der Waals surface area contributed by atoms with Crippen LogP contribution in [0.2, 0.25) is 5.02 Å². The van der Waals surface area contributed by atoms with E-state index in [1.54, 1.807) is 31.2 Å². The zero-order chi connectivity index (χ0) is 23.8. The van der Waals surface area contributed by atoms with Crippen molar-refractivity contribution in [2.45, 2.75) is 19.5 Å². The second-order valence-corrected chi connectivity index (χ2v) is 10.3. The maximum absolute atomic E-state index is 13.8. The number of hydrogen-bond acceptors (Lipinski definition) is 6. The number of halogens is 1. The summed E-state index contributed by atoms with van der Waals surface area (Å²) >= 11 is 8.87. The summed E-state index contributed by atoms with van der Waals surface area (Å²) in [6.45, 7) is 2.05. The van der Waals surface area contributed by atoms with Crippen LogP contribution in [0.25, 0.3) is 10.6 Å². The Morgan fingerprint density at radius 3 is 2.50 bits per heavy atom. The number of carbonyl (C=O) groups excluding carboxylic acids is 2. The van der Waals surface area contributed by atoms with E-state index in [1.165, 1.54) is 27.6 Å². The molecular weight excluding hydrogens is 488 g/mol. The fourth-order valence-electron chi connectivity index (χ4n) is 4.04. The van der Waals surface area contributed by atoms with Gasteiger partial charge in [0.15, 0.2) is 5.76 Å². The lowest BCUT2D eigenvalue weighted by atomic mass is 9.95. The summed E-state index contributed by atoms with van der Waals surface area (Å²) in [5.41, 5.74) is 2.24. The molecule has 0 aliphatic carbocycles. The highest BCUT2D eigenvalue weighted by molar-refractivity contribution is 7.17. The van der Waals surface area contributed by atoms with Gasteiger partial charge in [-0.2, -0.15) is 0 Å². The molecule has 0 saturated carbocycles. The molecule has 3 heterocycles. The fourth-order valence-corrected chi connectivity index (χ4v) is 5.90. The van der Waals surface area contributed by atoms with E-state index in [1.807, 2.05) is 47.8 Å². The predicted molar refractivity (Wildman–Crippen MR) is 135 cm³/mol. The van der Waals surface area contributed by atoms with E-state index in [2.05, 4.69) is 4.98 Å². The highest BCUT2D eigenvalue weighted by Crippen LogP contribution is 2.42. The molecule has 4 aromatic rings. The Bertz CT molecular complexity index is 1390. The van der Waals surface area contributed by atoms with Crippen LogP contribution in [0.5, 0.6) is 0 Å². The summed E-state index contributed by atoms with van der Waals surface area (Å²) in [6.07, 6.45) is 0. The minimum Gasteiger partial charge on any atom is -0.503 e. The van der Waals surface area contributed by atoms with Crippen molar-refractivity contribution in [2.24, 2.45) is 0 Å². The van der Waals surface area contributed by atoms with E-state index in [4.69, 9.17) is 11.6 Å². The van der Waals surface area contributed by atoms with Gasteiger partial charge in [0.2, 0.25) is 5.78 Å². The van der Waals surface area contributed by atoms with Gasteiger partial charge >= 0.3 is 0 Å². The maximum Gasteiger partial charge on any atom is 0.290 e. The van der Waals surface area contributed by atoms with Gasteiger partial charge in [-0.15, -0.1) is 22.7 Å². The van der Waals surface area contributed by atoms with Crippen LogP contribution >= 0.6 is 34.3 Å². The molecule has 1 aliphatic heterocycles.